The SMILES string of the molecule is CCCN(CC)C(=O)C1=Cc2ccc(C(=O)Nc3cnc4c(c3)CN(C(=O)OCc3ccc(CC(=O)CNC(=O)CCC(=O)[C@H](Cc5ccccc5)NC(=O)CCC(=O)CCCCCN5C(=O)C=CC5=O)cc3)CC4)cc2N=C(N)C1. The lowest BCUT2D eigenvalue weighted by molar-refractivity contribution is -0.137. The maximum atomic E-state index is 13.5. The smallest absolute Gasteiger partial charge is 0.410 e. The lowest BCUT2D eigenvalue weighted by Crippen LogP contribution is -2.43. The van der Waals surface area contributed by atoms with Gasteiger partial charge in [-0.1, -0.05) is 74.0 Å². The minimum atomic E-state index is -0.939. The molecule has 81 heavy (non-hydrogen) atoms. The summed E-state index contributed by atoms with van der Waals surface area (Å²) in [5.41, 5.74) is 12.4. The first-order valence-electron chi connectivity index (χ1n) is 27.5. The number of carbonyl (C=O) groups excluding carboxylic acids is 10. The summed E-state index contributed by atoms with van der Waals surface area (Å²) in [6.45, 7) is 5.75. The topological polar surface area (TPSA) is 277 Å². The lowest BCUT2D eigenvalue weighted by Gasteiger charge is -2.28. The number of fused-ring (bicyclic) bond motifs is 2. The van der Waals surface area contributed by atoms with E-state index in [0.717, 1.165) is 28.1 Å². The van der Waals surface area contributed by atoms with Crippen molar-refractivity contribution >= 4 is 82.2 Å². The number of anilines is 1. The van der Waals surface area contributed by atoms with Gasteiger partial charge in [0.25, 0.3) is 17.7 Å². The molecule has 0 unspecified atom stereocenters. The van der Waals surface area contributed by atoms with Crippen molar-refractivity contribution in [3.63, 3.8) is 0 Å². The normalized spacial score (nSPS) is 13.9. The second-order valence-electron chi connectivity index (χ2n) is 20.2. The number of rotatable bonds is 28. The standard InChI is InChI=1S/C61H69N9O11/c1-3-27-68(4-2)60(79)45-32-43-18-19-44(34-51(43)66-54(62)35-45)59(78)65-47-33-46-38-69(29-26-50(46)63-36-47)61(80)81-39-42-16-14-41(15-17-42)30-49(72)37-64-55(74)23-21-53(73)52(31-40-11-7-5-8-12-40)67-56(75)22-20-48(71)13-9-6-10-28-70-57(76)24-25-58(70)77/h5,7-8,11-12,14-19,24-25,32-34,36,52H,3-4,6,9-10,13,20-23,26-31,35,37-39H2,1-2H3,(H2,62,66)(H,64,74)(H,65,78)(H,67,75)/t52-/m0/s1. The van der Waals surface area contributed by atoms with Crippen LogP contribution in [0.15, 0.2) is 108 Å². The summed E-state index contributed by atoms with van der Waals surface area (Å²) in [6.07, 6.45) is 8.46. The van der Waals surface area contributed by atoms with Crippen molar-refractivity contribution in [2.24, 2.45) is 10.7 Å². The zero-order valence-corrected chi connectivity index (χ0v) is 45.8. The van der Waals surface area contributed by atoms with Crippen LogP contribution in [0.3, 0.4) is 0 Å². The summed E-state index contributed by atoms with van der Waals surface area (Å²) in [7, 11) is 0. The average molecular weight is 1100 g/mol. The van der Waals surface area contributed by atoms with E-state index in [1.54, 1.807) is 70.6 Å². The third kappa shape index (κ3) is 17.8. The van der Waals surface area contributed by atoms with E-state index >= 15 is 0 Å². The van der Waals surface area contributed by atoms with Gasteiger partial charge in [-0.3, -0.25) is 53.0 Å². The molecule has 424 valence electrons. The minimum absolute atomic E-state index is 0.0125. The fraction of sp³-hybridized carbons (Fsp3) is 0.377. The highest BCUT2D eigenvalue weighted by Crippen LogP contribution is 2.29. The van der Waals surface area contributed by atoms with Crippen LogP contribution in [0, 0.1) is 0 Å². The van der Waals surface area contributed by atoms with Gasteiger partial charge in [0.15, 0.2) is 11.6 Å². The van der Waals surface area contributed by atoms with E-state index in [2.05, 4.69) is 25.9 Å². The van der Waals surface area contributed by atoms with Gasteiger partial charge >= 0.3 is 6.09 Å². The monoisotopic (exact) mass is 1100 g/mol. The highest BCUT2D eigenvalue weighted by atomic mass is 16.6. The number of carbonyl (C=O) groups is 10. The van der Waals surface area contributed by atoms with Gasteiger partial charge in [-0.05, 0) is 79.1 Å². The van der Waals surface area contributed by atoms with Gasteiger partial charge in [0, 0.05) is 112 Å². The number of hydrogen-bond donors (Lipinski definition) is 4. The molecule has 0 fully saturated rings. The largest absolute Gasteiger partial charge is 0.445 e. The van der Waals surface area contributed by atoms with Crippen LogP contribution in [-0.2, 0) is 75.5 Å². The van der Waals surface area contributed by atoms with E-state index in [-0.39, 0.29) is 119 Å². The number of ketones is 3. The number of likely N-dealkylation sites (N-methyl/N-ethyl adjacent to an activating group) is 1. The second-order valence-corrected chi connectivity index (χ2v) is 20.2. The number of aromatic nitrogens is 1. The number of nitrogens with one attached hydrogen (secondary N) is 3. The Morgan fingerprint density at radius 1 is 0.790 bits per heavy atom. The van der Waals surface area contributed by atoms with Crippen molar-refractivity contribution in [1.82, 2.24) is 30.3 Å². The van der Waals surface area contributed by atoms with Crippen LogP contribution in [0.25, 0.3) is 6.08 Å². The predicted molar refractivity (Wildman–Crippen MR) is 302 cm³/mol. The number of nitrogens with two attached hydrogens (primary N) is 1. The Hall–Kier alpha value is -8.94. The molecule has 0 bridgehead atoms. The number of Topliss-reactive ketones (excluding diaryl/α,β-unsaturated/α-hetero) is 3. The Bertz CT molecular complexity index is 3100. The van der Waals surface area contributed by atoms with Crippen molar-refractivity contribution in [2.45, 2.75) is 117 Å². The second kappa shape index (κ2) is 29.3. The maximum Gasteiger partial charge on any atom is 0.410 e. The molecular formula is C61H69N9O11. The van der Waals surface area contributed by atoms with Gasteiger partial charge in [0.05, 0.1) is 36.7 Å². The maximum absolute atomic E-state index is 13.5. The molecule has 0 aliphatic carbocycles. The molecule has 7 amide bonds. The Kier molecular flexibility index (Phi) is 21.6. The third-order valence-electron chi connectivity index (χ3n) is 14.0. The molecular weight excluding hydrogens is 1030 g/mol. The lowest BCUT2D eigenvalue weighted by atomic mass is 9.99. The van der Waals surface area contributed by atoms with Crippen LogP contribution < -0.4 is 21.7 Å². The molecule has 20 nitrogen and oxygen atoms in total. The number of imide groups is 1. The van der Waals surface area contributed by atoms with Crippen LogP contribution in [0.5, 0.6) is 0 Å². The van der Waals surface area contributed by atoms with Gasteiger partial charge in [-0.15, -0.1) is 0 Å². The number of hydrogen-bond acceptors (Lipinski definition) is 14. The van der Waals surface area contributed by atoms with E-state index in [1.807, 2.05) is 44.2 Å². The summed E-state index contributed by atoms with van der Waals surface area (Å²) < 4.78 is 5.65. The third-order valence-corrected chi connectivity index (χ3v) is 14.0. The fourth-order valence-corrected chi connectivity index (χ4v) is 9.54. The van der Waals surface area contributed by atoms with Gasteiger partial charge in [0.1, 0.15) is 18.2 Å². The number of amides is 7. The number of nitrogens with zero attached hydrogens (tertiary/aromatic N) is 5. The molecule has 0 spiro atoms. The van der Waals surface area contributed by atoms with Crippen molar-refractivity contribution in [2.75, 3.05) is 38.0 Å². The van der Waals surface area contributed by atoms with Crippen LogP contribution >= 0.6 is 0 Å². The van der Waals surface area contributed by atoms with Crippen molar-refractivity contribution < 1.29 is 52.7 Å². The fourth-order valence-electron chi connectivity index (χ4n) is 9.54. The number of unbranched alkanes of at least 4 members (excludes halogenated alkanes) is 2. The molecule has 4 aromatic rings. The zero-order valence-electron chi connectivity index (χ0n) is 45.8. The van der Waals surface area contributed by atoms with Crippen molar-refractivity contribution in [3.8, 4) is 0 Å². The summed E-state index contributed by atoms with van der Waals surface area (Å²) in [4.78, 5) is 142. The molecule has 1 aromatic heterocycles. The van der Waals surface area contributed by atoms with Gasteiger partial charge in [-0.2, -0.15) is 0 Å². The summed E-state index contributed by atoms with van der Waals surface area (Å²) in [5.74, 6) is -2.65. The van der Waals surface area contributed by atoms with Gasteiger partial charge < -0.3 is 36.2 Å². The molecule has 7 rings (SSSR count). The molecule has 20 heteroatoms. The first-order chi connectivity index (χ1) is 39.0. The molecule has 5 N–H and O–H groups in total. The molecule has 0 saturated heterocycles. The van der Waals surface area contributed by atoms with E-state index in [9.17, 15) is 47.9 Å². The summed E-state index contributed by atoms with van der Waals surface area (Å²) in [6, 6.07) is 21.9. The molecule has 4 heterocycles. The number of ether oxygens (including phenoxy) is 1. The molecule has 0 radical (unpaired) electrons. The summed E-state index contributed by atoms with van der Waals surface area (Å²) in [5, 5.41) is 8.22. The number of amidine groups is 1. The Morgan fingerprint density at radius 3 is 2.27 bits per heavy atom. The Balaban J connectivity index is 0.805. The number of pyridine rings is 1. The van der Waals surface area contributed by atoms with E-state index in [0.29, 0.717) is 84.5 Å². The first-order valence-corrected chi connectivity index (χ1v) is 27.5. The van der Waals surface area contributed by atoms with Crippen LogP contribution in [0.4, 0.5) is 16.2 Å². The van der Waals surface area contributed by atoms with Gasteiger partial charge in [0.2, 0.25) is 17.7 Å². The van der Waals surface area contributed by atoms with E-state index < -0.39 is 29.9 Å². The molecule has 0 saturated carbocycles. The van der Waals surface area contributed by atoms with Crippen LogP contribution in [-0.4, -0.2) is 123 Å². The van der Waals surface area contributed by atoms with Crippen LogP contribution in [0.2, 0.25) is 0 Å². The Morgan fingerprint density at radius 2 is 1.53 bits per heavy atom. The first kappa shape index (κ1) is 59.7. The zero-order chi connectivity index (χ0) is 57.8. The molecule has 3 aliphatic rings. The molecule has 3 aromatic carbocycles. The van der Waals surface area contributed by atoms with E-state index in [4.69, 9.17) is 10.5 Å². The number of aliphatic imine (C=N–C) groups is 1. The Labute approximate surface area is 470 Å². The van der Waals surface area contributed by atoms with Crippen molar-refractivity contribution in [3.05, 3.63) is 142 Å². The number of benzene rings is 3. The highest BCUT2D eigenvalue weighted by molar-refractivity contribution is 6.13. The molecule has 3 aliphatic heterocycles. The minimum Gasteiger partial charge on any atom is -0.445 e. The van der Waals surface area contributed by atoms with Crippen LogP contribution in [0.1, 0.15) is 122 Å². The van der Waals surface area contributed by atoms with Gasteiger partial charge in [-0.25, -0.2) is 9.79 Å². The summed E-state index contributed by atoms with van der Waals surface area (Å²) >= 11 is 0. The highest BCUT2D eigenvalue weighted by Gasteiger charge is 2.27. The van der Waals surface area contributed by atoms with Crippen molar-refractivity contribution in [1.29, 1.82) is 0 Å². The molecule has 1 atom stereocenters. The van der Waals surface area contributed by atoms with E-state index in [1.165, 1.54) is 12.2 Å². The predicted octanol–water partition coefficient (Wildman–Crippen LogP) is 6.20. The quantitative estimate of drug-likeness (QED) is 0.0365. The average Bonchev–Trinajstić information content (AvgIpc) is 3.77.